The van der Waals surface area contributed by atoms with Gasteiger partial charge in [-0.2, -0.15) is 0 Å². The van der Waals surface area contributed by atoms with Crippen molar-refractivity contribution >= 4 is 17.2 Å². The van der Waals surface area contributed by atoms with Gasteiger partial charge in [-0.25, -0.2) is 0 Å². The van der Waals surface area contributed by atoms with Gasteiger partial charge in [0.25, 0.3) is 5.91 Å². The van der Waals surface area contributed by atoms with Gasteiger partial charge in [0, 0.05) is 11.1 Å². The molecule has 0 saturated heterocycles. The predicted molar refractivity (Wildman–Crippen MR) is 65.4 cm³/mol. The lowest BCUT2D eigenvalue weighted by Crippen LogP contribution is -2.34. The molecule has 1 heterocycles. The van der Waals surface area contributed by atoms with Gasteiger partial charge in [-0.15, -0.1) is 11.3 Å². The van der Waals surface area contributed by atoms with Gasteiger partial charge in [-0.05, 0) is 31.2 Å². The molecule has 1 aromatic heterocycles. The molecule has 4 heteroatoms. The van der Waals surface area contributed by atoms with Crippen LogP contribution in [0.25, 0.3) is 0 Å². The molecule has 0 unspecified atom stereocenters. The molecule has 2 rings (SSSR count). The molecule has 1 aromatic rings. The molecular formula is C12H14N2OS. The number of hydrogen-bond acceptors (Lipinski definition) is 3. The van der Waals surface area contributed by atoms with Crippen LogP contribution in [0.2, 0.25) is 0 Å². The Morgan fingerprint density at radius 3 is 3.06 bits per heavy atom. The van der Waals surface area contributed by atoms with Crippen LogP contribution in [0.15, 0.2) is 11.4 Å². The molecule has 0 radical (unpaired) electrons. The lowest BCUT2D eigenvalue weighted by molar-refractivity contribution is 0.0939. The molecule has 1 saturated carbocycles. The van der Waals surface area contributed by atoms with E-state index in [-0.39, 0.29) is 11.4 Å². The van der Waals surface area contributed by atoms with Crippen molar-refractivity contribution in [3.05, 3.63) is 21.9 Å². The Bertz CT molecular complexity index is 463. The molecule has 1 fully saturated rings. The molecular weight excluding hydrogens is 220 g/mol. The molecule has 0 aliphatic heterocycles. The third kappa shape index (κ3) is 2.43. The number of carbonyl (C=O) groups is 1. The average Bonchev–Trinajstić information content (AvgIpc) is 2.82. The van der Waals surface area contributed by atoms with Crippen molar-refractivity contribution in [2.24, 2.45) is 5.73 Å². The molecule has 3 N–H and O–H groups in total. The van der Waals surface area contributed by atoms with Gasteiger partial charge in [0.15, 0.2) is 0 Å². The van der Waals surface area contributed by atoms with Gasteiger partial charge >= 0.3 is 0 Å². The van der Waals surface area contributed by atoms with Crippen molar-refractivity contribution in [3.8, 4) is 11.8 Å². The maximum Gasteiger partial charge on any atom is 0.263 e. The zero-order valence-corrected chi connectivity index (χ0v) is 9.99. The summed E-state index contributed by atoms with van der Waals surface area (Å²) in [4.78, 5) is 12.6. The number of amides is 1. The second kappa shape index (κ2) is 4.28. The number of rotatable bonds is 2. The Morgan fingerprint density at radius 2 is 2.44 bits per heavy atom. The topological polar surface area (TPSA) is 55.1 Å². The van der Waals surface area contributed by atoms with Crippen LogP contribution in [0.4, 0.5) is 0 Å². The van der Waals surface area contributed by atoms with Crippen LogP contribution in [-0.4, -0.2) is 18.0 Å². The van der Waals surface area contributed by atoms with Crippen molar-refractivity contribution in [2.75, 3.05) is 6.54 Å². The lowest BCUT2D eigenvalue weighted by Gasteiger charge is -2.10. The van der Waals surface area contributed by atoms with Crippen molar-refractivity contribution in [1.82, 2.24) is 5.32 Å². The van der Waals surface area contributed by atoms with Crippen LogP contribution >= 0.6 is 11.3 Å². The molecule has 84 valence electrons. The molecule has 0 aromatic carbocycles. The van der Waals surface area contributed by atoms with Crippen LogP contribution < -0.4 is 11.1 Å². The van der Waals surface area contributed by atoms with Crippen molar-refractivity contribution < 1.29 is 4.79 Å². The van der Waals surface area contributed by atoms with E-state index in [4.69, 9.17) is 5.73 Å². The van der Waals surface area contributed by atoms with E-state index in [0.717, 1.165) is 18.4 Å². The van der Waals surface area contributed by atoms with Gasteiger partial charge in [-0.3, -0.25) is 4.79 Å². The second-order valence-corrected chi connectivity index (χ2v) is 5.10. The summed E-state index contributed by atoms with van der Waals surface area (Å²) in [6.45, 7) is 2.37. The van der Waals surface area contributed by atoms with E-state index in [1.54, 1.807) is 0 Å². The average molecular weight is 234 g/mol. The predicted octanol–water partition coefficient (Wildman–Crippen LogP) is 1.34. The largest absolute Gasteiger partial charge is 0.346 e. The summed E-state index contributed by atoms with van der Waals surface area (Å²) in [5, 5.41) is 4.90. The molecule has 1 aliphatic carbocycles. The van der Waals surface area contributed by atoms with Gasteiger partial charge < -0.3 is 11.1 Å². The minimum Gasteiger partial charge on any atom is -0.346 e. The third-order valence-electron chi connectivity index (χ3n) is 2.61. The van der Waals surface area contributed by atoms with Crippen LogP contribution in [-0.2, 0) is 0 Å². The zero-order valence-electron chi connectivity index (χ0n) is 9.17. The normalized spacial score (nSPS) is 16.1. The van der Waals surface area contributed by atoms with E-state index in [1.807, 2.05) is 11.4 Å². The first-order chi connectivity index (χ1) is 7.64. The summed E-state index contributed by atoms with van der Waals surface area (Å²) in [5.41, 5.74) is 6.10. The Labute approximate surface area is 99.0 Å². The summed E-state index contributed by atoms with van der Waals surface area (Å²) in [5.74, 6) is 5.67. The Hall–Kier alpha value is -1.31. The standard InChI is InChI=1S/C12H14N2OS/c1-12(5-6-12)14-11(15)10-9(3-2-7-13)4-8-16-10/h4,8H,5-7,13H2,1H3,(H,14,15). The highest BCUT2D eigenvalue weighted by molar-refractivity contribution is 7.12. The van der Waals surface area contributed by atoms with E-state index in [2.05, 4.69) is 24.1 Å². The number of carbonyl (C=O) groups excluding carboxylic acids is 1. The Kier molecular flexibility index (Phi) is 2.99. The summed E-state index contributed by atoms with van der Waals surface area (Å²) >= 11 is 1.42. The third-order valence-corrected chi connectivity index (χ3v) is 3.53. The van der Waals surface area contributed by atoms with Gasteiger partial charge in [0.1, 0.15) is 4.88 Å². The van der Waals surface area contributed by atoms with Crippen molar-refractivity contribution in [2.45, 2.75) is 25.3 Å². The lowest BCUT2D eigenvalue weighted by atomic mass is 10.2. The quantitative estimate of drug-likeness (QED) is 0.759. The fourth-order valence-electron chi connectivity index (χ4n) is 1.37. The number of thiophene rings is 1. The van der Waals surface area contributed by atoms with Crippen molar-refractivity contribution in [3.63, 3.8) is 0 Å². The van der Waals surface area contributed by atoms with E-state index < -0.39 is 0 Å². The fraction of sp³-hybridized carbons (Fsp3) is 0.417. The number of hydrogen-bond donors (Lipinski definition) is 2. The van der Waals surface area contributed by atoms with Gasteiger partial charge in [0.2, 0.25) is 0 Å². The summed E-state index contributed by atoms with van der Waals surface area (Å²) in [6, 6.07) is 1.86. The molecule has 16 heavy (non-hydrogen) atoms. The molecule has 0 spiro atoms. The Balaban J connectivity index is 2.13. The molecule has 0 bridgehead atoms. The first-order valence-electron chi connectivity index (χ1n) is 5.23. The van der Waals surface area contributed by atoms with E-state index in [1.165, 1.54) is 11.3 Å². The summed E-state index contributed by atoms with van der Waals surface area (Å²) in [7, 11) is 0. The minimum absolute atomic E-state index is 0.0135. The first kappa shape index (κ1) is 11.2. The highest BCUT2D eigenvalue weighted by Crippen LogP contribution is 2.34. The van der Waals surface area contributed by atoms with Crippen LogP contribution in [0.1, 0.15) is 35.0 Å². The Morgan fingerprint density at radius 1 is 1.69 bits per heavy atom. The number of nitrogens with one attached hydrogen (secondary N) is 1. The second-order valence-electron chi connectivity index (χ2n) is 4.18. The first-order valence-corrected chi connectivity index (χ1v) is 6.11. The molecule has 3 nitrogen and oxygen atoms in total. The number of nitrogens with two attached hydrogens (primary N) is 1. The minimum atomic E-state index is -0.0173. The molecule has 1 amide bonds. The molecule has 0 atom stereocenters. The maximum atomic E-state index is 11.9. The van der Waals surface area contributed by atoms with E-state index >= 15 is 0 Å². The zero-order chi connectivity index (χ0) is 11.6. The highest BCUT2D eigenvalue weighted by Gasteiger charge is 2.39. The van der Waals surface area contributed by atoms with Gasteiger partial charge in [-0.1, -0.05) is 11.8 Å². The summed E-state index contributed by atoms with van der Waals surface area (Å²) < 4.78 is 0. The summed E-state index contributed by atoms with van der Waals surface area (Å²) in [6.07, 6.45) is 2.13. The highest BCUT2D eigenvalue weighted by atomic mass is 32.1. The SMILES string of the molecule is CC1(NC(=O)c2sccc2C#CCN)CC1. The smallest absolute Gasteiger partial charge is 0.263 e. The van der Waals surface area contributed by atoms with E-state index in [9.17, 15) is 4.79 Å². The van der Waals surface area contributed by atoms with Crippen molar-refractivity contribution in [1.29, 1.82) is 0 Å². The maximum absolute atomic E-state index is 11.9. The fourth-order valence-corrected chi connectivity index (χ4v) is 2.12. The van der Waals surface area contributed by atoms with Gasteiger partial charge in [0.05, 0.1) is 6.54 Å². The monoisotopic (exact) mass is 234 g/mol. The van der Waals surface area contributed by atoms with Crippen LogP contribution in [0.5, 0.6) is 0 Å². The van der Waals surface area contributed by atoms with E-state index in [0.29, 0.717) is 11.4 Å². The van der Waals surface area contributed by atoms with Crippen LogP contribution in [0.3, 0.4) is 0 Å². The van der Waals surface area contributed by atoms with Crippen LogP contribution in [0, 0.1) is 11.8 Å². The molecule has 1 aliphatic rings.